The predicted octanol–water partition coefficient (Wildman–Crippen LogP) is 1.93. The maximum absolute atomic E-state index is 8.61. The monoisotopic (exact) mass is 258 g/mol. The molecule has 0 aliphatic rings. The van der Waals surface area contributed by atoms with Gasteiger partial charge in [0.05, 0.1) is 12.4 Å². The molecular formula is C13H14N4O2. The molecule has 1 aromatic carbocycles. The van der Waals surface area contributed by atoms with Crippen LogP contribution < -0.4 is 10.5 Å². The van der Waals surface area contributed by atoms with Gasteiger partial charge in [0.2, 0.25) is 5.88 Å². The second-order valence-corrected chi connectivity index (χ2v) is 3.79. The fraction of sp³-hybridized carbons (Fsp3) is 0.154. The Bertz CT molecular complexity index is 599. The van der Waals surface area contributed by atoms with E-state index in [4.69, 9.17) is 15.7 Å². The molecular weight excluding hydrogens is 244 g/mol. The number of nitrogens with two attached hydrogens (primary N) is 1. The Labute approximate surface area is 110 Å². The van der Waals surface area contributed by atoms with Crippen LogP contribution in [0.5, 0.6) is 11.6 Å². The Hall–Kier alpha value is -2.63. The average molecular weight is 258 g/mol. The van der Waals surface area contributed by atoms with Gasteiger partial charge in [0.25, 0.3) is 0 Å². The molecule has 0 amide bonds. The Morgan fingerprint density at radius 3 is 2.89 bits per heavy atom. The van der Waals surface area contributed by atoms with Crippen LogP contribution in [0.15, 0.2) is 41.8 Å². The molecule has 0 atom stereocenters. The minimum absolute atomic E-state index is 0.110. The van der Waals surface area contributed by atoms with Crippen molar-refractivity contribution in [3.8, 4) is 11.6 Å². The first-order chi connectivity index (χ1) is 9.24. The largest absolute Gasteiger partial charge is 0.437 e. The Morgan fingerprint density at radius 1 is 1.37 bits per heavy atom. The van der Waals surface area contributed by atoms with Crippen molar-refractivity contribution in [3.05, 3.63) is 47.9 Å². The van der Waals surface area contributed by atoms with Crippen molar-refractivity contribution >= 4 is 5.84 Å². The molecule has 0 spiro atoms. The first-order valence-corrected chi connectivity index (χ1v) is 5.80. The van der Waals surface area contributed by atoms with E-state index in [1.807, 2.05) is 31.2 Å². The van der Waals surface area contributed by atoms with E-state index in [1.54, 1.807) is 0 Å². The normalized spacial score (nSPS) is 11.3. The van der Waals surface area contributed by atoms with Gasteiger partial charge < -0.3 is 15.7 Å². The highest BCUT2D eigenvalue weighted by Gasteiger charge is 2.07. The highest BCUT2D eigenvalue weighted by atomic mass is 16.5. The van der Waals surface area contributed by atoms with E-state index >= 15 is 0 Å². The number of hydrogen-bond donors (Lipinski definition) is 2. The van der Waals surface area contributed by atoms with Crippen LogP contribution in [0.2, 0.25) is 0 Å². The molecule has 6 heteroatoms. The van der Waals surface area contributed by atoms with Gasteiger partial charge in [0.15, 0.2) is 5.84 Å². The van der Waals surface area contributed by atoms with Crippen molar-refractivity contribution in [2.45, 2.75) is 13.3 Å². The Morgan fingerprint density at radius 2 is 2.16 bits per heavy atom. The van der Waals surface area contributed by atoms with E-state index in [0.717, 1.165) is 17.7 Å². The van der Waals surface area contributed by atoms with Crippen molar-refractivity contribution < 1.29 is 9.94 Å². The number of oxime groups is 1. The van der Waals surface area contributed by atoms with Gasteiger partial charge in [-0.1, -0.05) is 30.3 Å². The van der Waals surface area contributed by atoms with Crippen molar-refractivity contribution in [1.82, 2.24) is 9.97 Å². The molecule has 19 heavy (non-hydrogen) atoms. The quantitative estimate of drug-likeness (QED) is 0.378. The van der Waals surface area contributed by atoms with Gasteiger partial charge in [0, 0.05) is 0 Å². The number of rotatable bonds is 4. The summed E-state index contributed by atoms with van der Waals surface area (Å²) < 4.78 is 5.67. The van der Waals surface area contributed by atoms with E-state index in [0.29, 0.717) is 5.88 Å². The summed E-state index contributed by atoms with van der Waals surface area (Å²) in [6.45, 7) is 2.04. The summed E-state index contributed by atoms with van der Waals surface area (Å²) in [7, 11) is 0. The third-order valence-corrected chi connectivity index (χ3v) is 2.55. The summed E-state index contributed by atoms with van der Waals surface area (Å²) in [6, 6.07) is 7.67. The molecule has 2 aromatic rings. The van der Waals surface area contributed by atoms with E-state index in [9.17, 15) is 0 Å². The summed E-state index contributed by atoms with van der Waals surface area (Å²) >= 11 is 0. The average Bonchev–Trinajstić information content (AvgIpc) is 2.47. The third-order valence-electron chi connectivity index (χ3n) is 2.55. The minimum atomic E-state index is -0.110. The van der Waals surface area contributed by atoms with Gasteiger partial charge in [-0.05, 0) is 18.1 Å². The second-order valence-electron chi connectivity index (χ2n) is 3.79. The standard InChI is InChI=1S/C13H14N4O2/c1-2-9-5-3-4-6-11(9)19-12-8-15-7-10(16-12)13(14)17-18/h3-8,18H,2H2,1H3,(H2,14,17). The van der Waals surface area contributed by atoms with Crippen LogP contribution in [-0.2, 0) is 6.42 Å². The smallest absolute Gasteiger partial charge is 0.238 e. The molecule has 0 aliphatic heterocycles. The van der Waals surface area contributed by atoms with Crippen LogP contribution in [0, 0.1) is 0 Å². The van der Waals surface area contributed by atoms with E-state index in [1.165, 1.54) is 12.4 Å². The first kappa shape index (κ1) is 12.8. The summed E-state index contributed by atoms with van der Waals surface area (Å²) in [5, 5.41) is 11.5. The molecule has 0 bridgehead atoms. The number of aryl methyl sites for hydroxylation is 1. The highest BCUT2D eigenvalue weighted by molar-refractivity contribution is 5.94. The molecule has 0 saturated heterocycles. The lowest BCUT2D eigenvalue weighted by atomic mass is 10.1. The van der Waals surface area contributed by atoms with E-state index < -0.39 is 0 Å². The van der Waals surface area contributed by atoms with Crippen LogP contribution in [0.3, 0.4) is 0 Å². The van der Waals surface area contributed by atoms with Crippen LogP contribution >= 0.6 is 0 Å². The maximum Gasteiger partial charge on any atom is 0.238 e. The van der Waals surface area contributed by atoms with Crippen molar-refractivity contribution in [1.29, 1.82) is 0 Å². The van der Waals surface area contributed by atoms with Gasteiger partial charge in [-0.2, -0.15) is 0 Å². The van der Waals surface area contributed by atoms with Crippen LogP contribution in [-0.4, -0.2) is 21.0 Å². The van der Waals surface area contributed by atoms with Crippen molar-refractivity contribution in [3.63, 3.8) is 0 Å². The zero-order valence-corrected chi connectivity index (χ0v) is 10.4. The lowest BCUT2D eigenvalue weighted by molar-refractivity contribution is 0.318. The summed E-state index contributed by atoms with van der Waals surface area (Å²) in [5.41, 5.74) is 6.78. The van der Waals surface area contributed by atoms with E-state index in [-0.39, 0.29) is 11.5 Å². The Balaban J connectivity index is 2.28. The predicted molar refractivity (Wildman–Crippen MR) is 70.4 cm³/mol. The number of ether oxygens (including phenoxy) is 1. The van der Waals surface area contributed by atoms with Gasteiger partial charge >= 0.3 is 0 Å². The molecule has 0 fully saturated rings. The van der Waals surface area contributed by atoms with Crippen LogP contribution in [0.1, 0.15) is 18.2 Å². The number of nitrogens with zero attached hydrogens (tertiary/aromatic N) is 3. The van der Waals surface area contributed by atoms with Crippen molar-refractivity contribution in [2.24, 2.45) is 10.9 Å². The first-order valence-electron chi connectivity index (χ1n) is 5.80. The molecule has 98 valence electrons. The molecule has 0 radical (unpaired) electrons. The molecule has 0 saturated carbocycles. The SMILES string of the molecule is CCc1ccccc1Oc1cncc(/C(N)=N/O)n1. The highest BCUT2D eigenvalue weighted by Crippen LogP contribution is 2.23. The zero-order chi connectivity index (χ0) is 13.7. The van der Waals surface area contributed by atoms with Gasteiger partial charge in [-0.15, -0.1) is 0 Å². The van der Waals surface area contributed by atoms with Crippen LogP contribution in [0.25, 0.3) is 0 Å². The zero-order valence-electron chi connectivity index (χ0n) is 10.4. The lowest BCUT2D eigenvalue weighted by Crippen LogP contribution is -2.15. The number of hydrogen-bond acceptors (Lipinski definition) is 5. The number of aromatic nitrogens is 2. The fourth-order valence-corrected chi connectivity index (χ4v) is 1.58. The van der Waals surface area contributed by atoms with Gasteiger partial charge in [0.1, 0.15) is 11.4 Å². The topological polar surface area (TPSA) is 93.6 Å². The van der Waals surface area contributed by atoms with Crippen molar-refractivity contribution in [2.75, 3.05) is 0 Å². The molecule has 1 aromatic heterocycles. The third kappa shape index (κ3) is 2.98. The summed E-state index contributed by atoms with van der Waals surface area (Å²) in [6.07, 6.45) is 3.72. The molecule has 1 heterocycles. The molecule has 6 nitrogen and oxygen atoms in total. The molecule has 2 rings (SSSR count). The van der Waals surface area contributed by atoms with Crippen LogP contribution in [0.4, 0.5) is 0 Å². The van der Waals surface area contributed by atoms with Gasteiger partial charge in [-0.3, -0.25) is 4.98 Å². The molecule has 0 unspecified atom stereocenters. The lowest BCUT2D eigenvalue weighted by Gasteiger charge is -2.09. The van der Waals surface area contributed by atoms with Gasteiger partial charge in [-0.25, -0.2) is 4.98 Å². The summed E-state index contributed by atoms with van der Waals surface area (Å²) in [4.78, 5) is 8.06. The Kier molecular flexibility index (Phi) is 3.92. The second kappa shape index (κ2) is 5.81. The van der Waals surface area contributed by atoms with E-state index in [2.05, 4.69) is 15.1 Å². The molecule has 0 aliphatic carbocycles. The maximum atomic E-state index is 8.61. The fourth-order valence-electron chi connectivity index (χ4n) is 1.58. The number of para-hydroxylation sites is 1. The molecule has 3 N–H and O–H groups in total. The number of benzene rings is 1. The number of amidine groups is 1. The minimum Gasteiger partial charge on any atom is -0.437 e. The summed E-state index contributed by atoms with van der Waals surface area (Å²) in [5.74, 6) is 0.905.